The number of halogens is 1. The van der Waals surface area contributed by atoms with Gasteiger partial charge in [-0.25, -0.2) is 14.4 Å². The molecule has 0 saturated carbocycles. The fourth-order valence-electron chi connectivity index (χ4n) is 3.46. The number of nitro benzene ring substituents is 1. The van der Waals surface area contributed by atoms with Crippen LogP contribution < -0.4 is 16.8 Å². The van der Waals surface area contributed by atoms with Crippen LogP contribution in [-0.4, -0.2) is 31.7 Å². The van der Waals surface area contributed by atoms with E-state index in [1.807, 2.05) is 6.92 Å². The number of anilines is 1. The number of carbonyl (C=O) groups is 2. The molecule has 0 bridgehead atoms. The van der Waals surface area contributed by atoms with Crippen LogP contribution in [0.25, 0.3) is 10.9 Å². The number of carbonyl (C=O) groups excluding carboxylic acids is 2. The Morgan fingerprint density at radius 1 is 1.26 bits per heavy atom. The normalized spacial score (nSPS) is 10.9. The molecule has 11 nitrogen and oxygen atoms in total. The van der Waals surface area contributed by atoms with Crippen LogP contribution in [0.1, 0.15) is 32.1 Å². The number of H-pyrrole nitrogens is 1. The second-order valence-corrected chi connectivity index (χ2v) is 8.51. The van der Waals surface area contributed by atoms with Crippen molar-refractivity contribution in [1.29, 1.82) is 0 Å². The Labute approximate surface area is 201 Å². The van der Waals surface area contributed by atoms with Crippen LogP contribution in [0.5, 0.6) is 0 Å². The Bertz CT molecular complexity index is 1500. The maximum absolute atomic E-state index is 13.7. The third-order valence-corrected chi connectivity index (χ3v) is 6.14. The molecular formula is C22H18FN7O4S. The van der Waals surface area contributed by atoms with Crippen LogP contribution in [0.4, 0.5) is 15.9 Å². The molecule has 2 heterocycles. The molecular weight excluding hydrogens is 477 g/mol. The molecule has 2 amide bonds. The number of hydrogen-bond acceptors (Lipinski definition) is 8. The lowest BCUT2D eigenvalue weighted by Gasteiger charge is -2.10. The van der Waals surface area contributed by atoms with Gasteiger partial charge in [-0.3, -0.25) is 19.7 Å². The molecule has 0 radical (unpaired) electrons. The smallest absolute Gasteiger partial charge is 0.274 e. The summed E-state index contributed by atoms with van der Waals surface area (Å²) in [6.07, 6.45) is 1.30. The van der Waals surface area contributed by atoms with E-state index in [9.17, 15) is 24.1 Å². The highest BCUT2D eigenvalue weighted by molar-refractivity contribution is 7.99. The van der Waals surface area contributed by atoms with Crippen molar-refractivity contribution in [3.63, 3.8) is 0 Å². The Hall–Kier alpha value is -4.52. The number of hydrogen-bond donors (Lipinski definition) is 4. The summed E-state index contributed by atoms with van der Waals surface area (Å²) < 4.78 is 13.7. The SMILES string of the molecule is Cc1[nH]c2ccc(F)cc2c1CNC(=O)c1nc(Sc2ccc([N+](=O)[O-])cc2C(N)=O)cnc1N. The van der Waals surface area contributed by atoms with E-state index in [1.54, 1.807) is 6.07 Å². The molecule has 2 aromatic heterocycles. The van der Waals surface area contributed by atoms with Gasteiger partial charge in [0.05, 0.1) is 16.7 Å². The van der Waals surface area contributed by atoms with E-state index in [0.29, 0.717) is 15.8 Å². The average molecular weight is 495 g/mol. The highest BCUT2D eigenvalue weighted by atomic mass is 32.2. The van der Waals surface area contributed by atoms with E-state index in [2.05, 4.69) is 20.3 Å². The van der Waals surface area contributed by atoms with Crippen molar-refractivity contribution in [3.8, 4) is 0 Å². The monoisotopic (exact) mass is 495 g/mol. The second kappa shape index (κ2) is 9.38. The van der Waals surface area contributed by atoms with Crippen LogP contribution >= 0.6 is 11.8 Å². The number of fused-ring (bicyclic) bond motifs is 1. The van der Waals surface area contributed by atoms with Crippen LogP contribution in [-0.2, 0) is 6.54 Å². The van der Waals surface area contributed by atoms with Gasteiger partial charge in [0.1, 0.15) is 10.8 Å². The maximum atomic E-state index is 13.7. The Morgan fingerprint density at radius 3 is 2.74 bits per heavy atom. The minimum absolute atomic E-state index is 0.0733. The van der Waals surface area contributed by atoms with Gasteiger partial charge in [0.15, 0.2) is 11.5 Å². The van der Waals surface area contributed by atoms with Crippen LogP contribution in [0, 0.1) is 22.9 Å². The van der Waals surface area contributed by atoms with Crippen molar-refractivity contribution < 1.29 is 18.9 Å². The summed E-state index contributed by atoms with van der Waals surface area (Å²) in [6, 6.07) is 7.99. The van der Waals surface area contributed by atoms with Gasteiger partial charge < -0.3 is 21.8 Å². The third-order valence-electron chi connectivity index (χ3n) is 5.16. The van der Waals surface area contributed by atoms with E-state index in [0.717, 1.165) is 29.0 Å². The Kier molecular flexibility index (Phi) is 6.34. The van der Waals surface area contributed by atoms with Crippen molar-refractivity contribution in [2.75, 3.05) is 5.73 Å². The molecule has 0 aliphatic carbocycles. The number of non-ortho nitro benzene ring substituents is 1. The zero-order valence-electron chi connectivity index (χ0n) is 18.2. The first-order valence-electron chi connectivity index (χ1n) is 10.1. The van der Waals surface area contributed by atoms with Gasteiger partial charge in [0.25, 0.3) is 11.6 Å². The minimum atomic E-state index is -0.858. The second-order valence-electron chi connectivity index (χ2n) is 7.45. The predicted molar refractivity (Wildman–Crippen MR) is 126 cm³/mol. The molecule has 0 fully saturated rings. The Morgan fingerprint density at radius 2 is 2.03 bits per heavy atom. The van der Waals surface area contributed by atoms with Gasteiger partial charge >= 0.3 is 0 Å². The fraction of sp³-hybridized carbons (Fsp3) is 0.0909. The van der Waals surface area contributed by atoms with Crippen LogP contribution in [0.15, 0.2) is 52.5 Å². The molecule has 0 aliphatic rings. The standard InChI is InChI=1S/C22H18FN7O4S/c1-10-15(13-6-11(23)2-4-16(13)28-10)8-27-22(32)19-20(24)26-9-18(29-19)35-17-5-3-12(30(33)34)7-14(17)21(25)31/h2-7,9,28H,8H2,1H3,(H2,24,26)(H2,25,31)(H,27,32). The molecule has 0 saturated heterocycles. The summed E-state index contributed by atoms with van der Waals surface area (Å²) in [6.45, 7) is 1.89. The van der Waals surface area contributed by atoms with Gasteiger partial charge in [-0.05, 0) is 36.8 Å². The maximum Gasteiger partial charge on any atom is 0.274 e. The summed E-state index contributed by atoms with van der Waals surface area (Å²) in [5.74, 6) is -1.98. The zero-order valence-corrected chi connectivity index (χ0v) is 19.0. The number of nitrogens with zero attached hydrogens (tertiary/aromatic N) is 3. The predicted octanol–water partition coefficient (Wildman–Crippen LogP) is 3.08. The van der Waals surface area contributed by atoms with Gasteiger partial charge in [0, 0.05) is 40.2 Å². The summed E-state index contributed by atoms with van der Waals surface area (Å²) >= 11 is 0.946. The number of primary amides is 1. The lowest BCUT2D eigenvalue weighted by molar-refractivity contribution is -0.384. The molecule has 35 heavy (non-hydrogen) atoms. The molecule has 2 aromatic carbocycles. The molecule has 0 unspecified atom stereocenters. The number of nitro groups is 1. The van der Waals surface area contributed by atoms with E-state index >= 15 is 0 Å². The van der Waals surface area contributed by atoms with E-state index < -0.39 is 22.6 Å². The van der Waals surface area contributed by atoms with Gasteiger partial charge in [0.2, 0.25) is 5.91 Å². The number of rotatable bonds is 7. The number of nitrogen functional groups attached to an aromatic ring is 1. The summed E-state index contributed by atoms with van der Waals surface area (Å²) in [7, 11) is 0. The first kappa shape index (κ1) is 23.6. The van der Waals surface area contributed by atoms with Gasteiger partial charge in [-0.15, -0.1) is 0 Å². The topological polar surface area (TPSA) is 183 Å². The number of aryl methyl sites for hydroxylation is 1. The molecule has 13 heteroatoms. The highest BCUT2D eigenvalue weighted by Gasteiger charge is 2.19. The molecule has 0 atom stereocenters. The van der Waals surface area contributed by atoms with E-state index in [1.165, 1.54) is 30.5 Å². The molecule has 4 rings (SSSR count). The van der Waals surface area contributed by atoms with E-state index in [4.69, 9.17) is 11.5 Å². The fourth-order valence-corrected chi connectivity index (χ4v) is 4.33. The largest absolute Gasteiger partial charge is 0.382 e. The van der Waals surface area contributed by atoms with Gasteiger partial charge in [-0.1, -0.05) is 11.8 Å². The lowest BCUT2D eigenvalue weighted by Crippen LogP contribution is -2.25. The average Bonchev–Trinajstić information content (AvgIpc) is 3.12. The number of aromatic amines is 1. The minimum Gasteiger partial charge on any atom is -0.382 e. The third kappa shape index (κ3) is 4.89. The van der Waals surface area contributed by atoms with Crippen LogP contribution in [0.3, 0.4) is 0 Å². The molecule has 0 spiro atoms. The number of nitrogens with one attached hydrogen (secondary N) is 2. The number of benzene rings is 2. The molecule has 4 aromatic rings. The number of nitrogens with two attached hydrogens (primary N) is 2. The lowest BCUT2D eigenvalue weighted by atomic mass is 10.1. The van der Waals surface area contributed by atoms with Crippen molar-refractivity contribution in [1.82, 2.24) is 20.3 Å². The number of amides is 2. The van der Waals surface area contributed by atoms with Crippen molar-refractivity contribution in [2.45, 2.75) is 23.4 Å². The first-order valence-corrected chi connectivity index (χ1v) is 10.9. The summed E-state index contributed by atoms with van der Waals surface area (Å²) in [4.78, 5) is 46.7. The Balaban J connectivity index is 1.57. The van der Waals surface area contributed by atoms with Gasteiger partial charge in [-0.2, -0.15) is 0 Å². The van der Waals surface area contributed by atoms with E-state index in [-0.39, 0.29) is 34.3 Å². The molecule has 6 N–H and O–H groups in total. The first-order chi connectivity index (χ1) is 16.6. The molecule has 178 valence electrons. The summed E-state index contributed by atoms with van der Waals surface area (Å²) in [5, 5.41) is 14.6. The summed E-state index contributed by atoms with van der Waals surface area (Å²) in [5.41, 5.74) is 12.9. The van der Waals surface area contributed by atoms with Crippen molar-refractivity contribution in [2.24, 2.45) is 5.73 Å². The molecule has 0 aliphatic heterocycles. The number of aromatic nitrogens is 3. The zero-order chi connectivity index (χ0) is 25.3. The quantitative estimate of drug-likeness (QED) is 0.223. The van der Waals surface area contributed by atoms with Crippen molar-refractivity contribution in [3.05, 3.63) is 81.0 Å². The highest BCUT2D eigenvalue weighted by Crippen LogP contribution is 2.32. The van der Waals surface area contributed by atoms with Crippen LogP contribution in [0.2, 0.25) is 0 Å². The van der Waals surface area contributed by atoms with Crippen molar-refractivity contribution >= 4 is 46.0 Å².